The largest absolute Gasteiger partial charge is 0.379 e. The van der Waals surface area contributed by atoms with Crippen molar-refractivity contribution in [3.8, 4) is 0 Å². The molecular weight excluding hydrogens is 508 g/mol. The van der Waals surface area contributed by atoms with Gasteiger partial charge in [0.2, 0.25) is 0 Å². The zero-order valence-electron chi connectivity index (χ0n) is 19.0. The van der Waals surface area contributed by atoms with E-state index in [-0.39, 0.29) is 35.8 Å². The quantitative estimate of drug-likeness (QED) is 0.298. The van der Waals surface area contributed by atoms with Crippen LogP contribution in [0.15, 0.2) is 29.3 Å². The molecule has 3 rings (SSSR count). The SMILES string of the molecule is CCCN1CCC(NC(=NCC(c2ccc(F)cc2)N2CCOCC2)NCC)CC1.I. The van der Waals surface area contributed by atoms with Crippen LogP contribution in [0.5, 0.6) is 0 Å². The van der Waals surface area contributed by atoms with E-state index in [1.54, 1.807) is 12.1 Å². The lowest BCUT2D eigenvalue weighted by atomic mass is 10.0. The number of hydrogen-bond acceptors (Lipinski definition) is 4. The molecule has 31 heavy (non-hydrogen) atoms. The van der Waals surface area contributed by atoms with Crippen molar-refractivity contribution in [1.29, 1.82) is 0 Å². The number of halogens is 2. The van der Waals surface area contributed by atoms with Crippen LogP contribution < -0.4 is 10.6 Å². The predicted molar refractivity (Wildman–Crippen MR) is 136 cm³/mol. The van der Waals surface area contributed by atoms with Gasteiger partial charge in [-0.25, -0.2) is 4.39 Å². The standard InChI is InChI=1S/C23H38FN5O.HI/c1-3-11-28-12-9-21(10-13-28)27-23(25-4-2)26-18-22(29-14-16-30-17-15-29)19-5-7-20(24)8-6-19;/h5-8,21-22H,3-4,9-18H2,1-2H3,(H2,25,26,27);1H. The summed E-state index contributed by atoms with van der Waals surface area (Å²) in [7, 11) is 0. The third-order valence-corrected chi connectivity index (χ3v) is 5.98. The Morgan fingerprint density at radius 3 is 2.42 bits per heavy atom. The van der Waals surface area contributed by atoms with Crippen LogP contribution in [0.3, 0.4) is 0 Å². The first-order chi connectivity index (χ1) is 14.7. The fourth-order valence-corrected chi connectivity index (χ4v) is 4.31. The Bertz CT molecular complexity index is 646. The van der Waals surface area contributed by atoms with Crippen LogP contribution in [0.25, 0.3) is 0 Å². The summed E-state index contributed by atoms with van der Waals surface area (Å²) >= 11 is 0. The number of likely N-dealkylation sites (tertiary alicyclic amines) is 1. The highest BCUT2D eigenvalue weighted by Gasteiger charge is 2.23. The molecule has 2 fully saturated rings. The van der Waals surface area contributed by atoms with Crippen molar-refractivity contribution in [1.82, 2.24) is 20.4 Å². The number of hydrogen-bond donors (Lipinski definition) is 2. The molecule has 176 valence electrons. The molecule has 0 amide bonds. The molecule has 1 unspecified atom stereocenters. The third-order valence-electron chi connectivity index (χ3n) is 5.98. The van der Waals surface area contributed by atoms with Crippen LogP contribution in [0, 0.1) is 5.82 Å². The van der Waals surface area contributed by atoms with Gasteiger partial charge in [0.15, 0.2) is 5.96 Å². The number of rotatable bonds is 8. The van der Waals surface area contributed by atoms with Crippen LogP contribution >= 0.6 is 24.0 Å². The van der Waals surface area contributed by atoms with Crippen LogP contribution in [0.1, 0.15) is 44.7 Å². The summed E-state index contributed by atoms with van der Waals surface area (Å²) in [4.78, 5) is 9.88. The normalized spacial score (nSPS) is 20.2. The summed E-state index contributed by atoms with van der Waals surface area (Å²) in [6.07, 6.45) is 3.51. The van der Waals surface area contributed by atoms with Gasteiger partial charge < -0.3 is 20.3 Å². The molecule has 6 nitrogen and oxygen atoms in total. The van der Waals surface area contributed by atoms with Gasteiger partial charge in [-0.2, -0.15) is 0 Å². The number of piperidine rings is 1. The van der Waals surface area contributed by atoms with Gasteiger partial charge in [0.05, 0.1) is 25.8 Å². The second-order valence-corrected chi connectivity index (χ2v) is 8.20. The zero-order valence-corrected chi connectivity index (χ0v) is 21.3. The van der Waals surface area contributed by atoms with Crippen molar-refractivity contribution in [2.24, 2.45) is 4.99 Å². The Morgan fingerprint density at radius 1 is 1.13 bits per heavy atom. The number of benzene rings is 1. The van der Waals surface area contributed by atoms with Crippen LogP contribution in [-0.2, 0) is 4.74 Å². The molecule has 0 bridgehead atoms. The fourth-order valence-electron chi connectivity index (χ4n) is 4.31. The van der Waals surface area contributed by atoms with Gasteiger partial charge in [0, 0.05) is 38.8 Å². The number of aliphatic imine (C=N–C) groups is 1. The highest BCUT2D eigenvalue weighted by atomic mass is 127. The van der Waals surface area contributed by atoms with E-state index in [2.05, 4.69) is 34.3 Å². The monoisotopic (exact) mass is 547 g/mol. The van der Waals surface area contributed by atoms with Gasteiger partial charge in [-0.3, -0.25) is 9.89 Å². The van der Waals surface area contributed by atoms with Gasteiger partial charge in [0.1, 0.15) is 5.82 Å². The first-order valence-electron chi connectivity index (χ1n) is 11.5. The minimum Gasteiger partial charge on any atom is -0.379 e. The third kappa shape index (κ3) is 8.47. The Morgan fingerprint density at radius 2 is 1.81 bits per heavy atom. The highest BCUT2D eigenvalue weighted by molar-refractivity contribution is 14.0. The molecule has 0 saturated carbocycles. The summed E-state index contributed by atoms with van der Waals surface area (Å²) in [6.45, 7) is 12.5. The molecule has 2 aliphatic rings. The van der Waals surface area contributed by atoms with Crippen LogP contribution in [-0.4, -0.2) is 80.8 Å². The average molecular weight is 548 g/mol. The van der Waals surface area contributed by atoms with E-state index in [1.165, 1.54) is 13.0 Å². The average Bonchev–Trinajstić information content (AvgIpc) is 2.77. The Hall–Kier alpha value is -0.970. The zero-order chi connectivity index (χ0) is 21.2. The minimum absolute atomic E-state index is 0. The number of nitrogens with zero attached hydrogens (tertiary/aromatic N) is 3. The molecular formula is C23H39FIN5O. The second kappa shape index (κ2) is 14.2. The molecule has 8 heteroatoms. The lowest BCUT2D eigenvalue weighted by Gasteiger charge is -2.35. The van der Waals surface area contributed by atoms with Crippen molar-refractivity contribution in [3.63, 3.8) is 0 Å². The van der Waals surface area contributed by atoms with E-state index in [0.717, 1.165) is 70.3 Å². The van der Waals surface area contributed by atoms with E-state index < -0.39 is 0 Å². The van der Waals surface area contributed by atoms with E-state index in [0.29, 0.717) is 12.6 Å². The van der Waals surface area contributed by atoms with E-state index in [4.69, 9.17) is 9.73 Å². The van der Waals surface area contributed by atoms with Crippen LogP contribution in [0.4, 0.5) is 4.39 Å². The van der Waals surface area contributed by atoms with Gasteiger partial charge in [0.25, 0.3) is 0 Å². The minimum atomic E-state index is -0.201. The second-order valence-electron chi connectivity index (χ2n) is 8.20. The Labute approximate surface area is 204 Å². The Balaban J connectivity index is 0.00000341. The number of morpholine rings is 1. The molecule has 1 aromatic carbocycles. The maximum atomic E-state index is 13.5. The van der Waals surface area contributed by atoms with Gasteiger partial charge in [-0.1, -0.05) is 19.1 Å². The molecule has 1 aromatic rings. The van der Waals surface area contributed by atoms with E-state index in [1.807, 2.05) is 12.1 Å². The number of ether oxygens (including phenoxy) is 1. The molecule has 0 spiro atoms. The van der Waals surface area contributed by atoms with Gasteiger partial charge in [-0.05, 0) is 50.4 Å². The first kappa shape index (κ1) is 26.3. The summed E-state index contributed by atoms with van der Waals surface area (Å²) in [5, 5.41) is 7.05. The lowest BCUT2D eigenvalue weighted by molar-refractivity contribution is 0.0179. The molecule has 2 saturated heterocycles. The molecule has 2 aliphatic heterocycles. The molecule has 2 heterocycles. The Kier molecular flexibility index (Phi) is 12.1. The molecule has 2 N–H and O–H groups in total. The summed E-state index contributed by atoms with van der Waals surface area (Å²) in [5.41, 5.74) is 1.10. The molecule has 0 aliphatic carbocycles. The van der Waals surface area contributed by atoms with Crippen molar-refractivity contribution >= 4 is 29.9 Å². The first-order valence-corrected chi connectivity index (χ1v) is 11.5. The maximum Gasteiger partial charge on any atom is 0.191 e. The van der Waals surface area contributed by atoms with Crippen molar-refractivity contribution in [3.05, 3.63) is 35.6 Å². The number of nitrogens with one attached hydrogen (secondary N) is 2. The van der Waals surface area contributed by atoms with Crippen LogP contribution in [0.2, 0.25) is 0 Å². The number of guanidine groups is 1. The van der Waals surface area contributed by atoms with Gasteiger partial charge in [-0.15, -0.1) is 24.0 Å². The van der Waals surface area contributed by atoms with Gasteiger partial charge >= 0.3 is 0 Å². The van der Waals surface area contributed by atoms with E-state index in [9.17, 15) is 4.39 Å². The summed E-state index contributed by atoms with van der Waals surface area (Å²) in [5.74, 6) is 0.680. The van der Waals surface area contributed by atoms with E-state index >= 15 is 0 Å². The fraction of sp³-hybridized carbons (Fsp3) is 0.696. The predicted octanol–water partition coefficient (Wildman–Crippen LogP) is 3.25. The maximum absolute atomic E-state index is 13.5. The molecule has 1 atom stereocenters. The summed E-state index contributed by atoms with van der Waals surface area (Å²) < 4.78 is 19.0. The molecule has 0 radical (unpaired) electrons. The smallest absolute Gasteiger partial charge is 0.191 e. The topological polar surface area (TPSA) is 52.1 Å². The lowest BCUT2D eigenvalue weighted by Crippen LogP contribution is -2.49. The molecule has 0 aromatic heterocycles. The summed E-state index contributed by atoms with van der Waals surface area (Å²) in [6, 6.07) is 7.43. The highest BCUT2D eigenvalue weighted by Crippen LogP contribution is 2.23. The van der Waals surface area contributed by atoms with Crippen molar-refractivity contribution in [2.75, 3.05) is 59.0 Å². The van der Waals surface area contributed by atoms with Crippen molar-refractivity contribution < 1.29 is 9.13 Å². The van der Waals surface area contributed by atoms with Crippen molar-refractivity contribution in [2.45, 2.75) is 45.2 Å².